The van der Waals surface area contributed by atoms with Gasteiger partial charge in [0.25, 0.3) is 0 Å². The molecule has 0 amide bonds. The second kappa shape index (κ2) is 5.74. The Morgan fingerprint density at radius 3 is 2.65 bits per heavy atom. The highest BCUT2D eigenvalue weighted by Crippen LogP contribution is 2.37. The zero-order valence-electron chi connectivity index (χ0n) is 9.91. The first-order valence-corrected chi connectivity index (χ1v) is 6.68. The van der Waals surface area contributed by atoms with Gasteiger partial charge in [-0.15, -0.1) is 0 Å². The van der Waals surface area contributed by atoms with E-state index in [4.69, 9.17) is 9.47 Å². The van der Waals surface area contributed by atoms with Gasteiger partial charge in [-0.25, -0.2) is 0 Å². The summed E-state index contributed by atoms with van der Waals surface area (Å²) in [5.41, 5.74) is 0.767. The van der Waals surface area contributed by atoms with Crippen LogP contribution in [0, 0.1) is 0 Å². The van der Waals surface area contributed by atoms with Crippen LogP contribution in [0.3, 0.4) is 0 Å². The molecule has 0 aliphatic heterocycles. The van der Waals surface area contributed by atoms with Crippen molar-refractivity contribution in [3.05, 3.63) is 22.2 Å². The Morgan fingerprint density at radius 2 is 2.06 bits per heavy atom. The number of methoxy groups -OCH3 is 1. The number of ether oxygens (including phenoxy) is 2. The van der Waals surface area contributed by atoms with Crippen molar-refractivity contribution in [1.29, 1.82) is 0 Å². The molecule has 1 aliphatic carbocycles. The molecule has 0 bridgehead atoms. The van der Waals surface area contributed by atoms with Gasteiger partial charge in [-0.1, -0.05) is 15.9 Å². The lowest BCUT2D eigenvalue weighted by atomic mass is 10.2. The summed E-state index contributed by atoms with van der Waals surface area (Å²) in [7, 11) is 1.62. The molecular formula is C13H17BrO3. The van der Waals surface area contributed by atoms with Crippen LogP contribution in [0.4, 0.5) is 0 Å². The van der Waals surface area contributed by atoms with Crippen LogP contribution in [-0.2, 0) is 6.61 Å². The van der Waals surface area contributed by atoms with Gasteiger partial charge >= 0.3 is 0 Å². The number of hydrogen-bond acceptors (Lipinski definition) is 3. The van der Waals surface area contributed by atoms with Crippen molar-refractivity contribution in [2.24, 2.45) is 0 Å². The molecule has 0 spiro atoms. The number of aliphatic hydroxyl groups is 1. The van der Waals surface area contributed by atoms with Gasteiger partial charge in [0.1, 0.15) is 0 Å². The van der Waals surface area contributed by atoms with E-state index < -0.39 is 0 Å². The smallest absolute Gasteiger partial charge is 0.167 e. The zero-order chi connectivity index (χ0) is 12.3. The number of aliphatic hydroxyl groups excluding tert-OH is 1. The molecular weight excluding hydrogens is 284 g/mol. The van der Waals surface area contributed by atoms with Gasteiger partial charge in [-0.3, -0.25) is 0 Å². The summed E-state index contributed by atoms with van der Waals surface area (Å²) in [6.07, 6.45) is 4.87. The average molecular weight is 301 g/mol. The molecule has 1 aromatic rings. The average Bonchev–Trinajstić information content (AvgIpc) is 2.83. The van der Waals surface area contributed by atoms with Gasteiger partial charge < -0.3 is 14.6 Å². The summed E-state index contributed by atoms with van der Waals surface area (Å²) in [6.45, 7) is -0.0438. The number of rotatable bonds is 4. The fourth-order valence-electron chi connectivity index (χ4n) is 2.20. The summed E-state index contributed by atoms with van der Waals surface area (Å²) in [4.78, 5) is 0. The maximum absolute atomic E-state index is 9.38. The molecule has 4 heteroatoms. The normalized spacial score (nSPS) is 16.2. The summed E-state index contributed by atoms with van der Waals surface area (Å²) < 4.78 is 12.2. The summed E-state index contributed by atoms with van der Waals surface area (Å²) in [5, 5.41) is 9.38. The third kappa shape index (κ3) is 2.93. The van der Waals surface area contributed by atoms with Gasteiger partial charge in [0.2, 0.25) is 0 Å². The molecule has 0 aromatic heterocycles. The van der Waals surface area contributed by atoms with Gasteiger partial charge in [0.05, 0.1) is 19.8 Å². The SMILES string of the molecule is COc1cc(Br)cc(CO)c1OC1CCCC1. The fraction of sp³-hybridized carbons (Fsp3) is 0.538. The minimum atomic E-state index is -0.0438. The van der Waals surface area contributed by atoms with Gasteiger partial charge in [-0.05, 0) is 37.8 Å². The lowest BCUT2D eigenvalue weighted by molar-refractivity contribution is 0.190. The Balaban J connectivity index is 2.28. The topological polar surface area (TPSA) is 38.7 Å². The van der Waals surface area contributed by atoms with E-state index in [0.29, 0.717) is 11.5 Å². The summed E-state index contributed by atoms with van der Waals surface area (Å²) in [5.74, 6) is 1.36. The highest BCUT2D eigenvalue weighted by atomic mass is 79.9. The highest BCUT2D eigenvalue weighted by molar-refractivity contribution is 9.10. The number of benzene rings is 1. The van der Waals surface area contributed by atoms with E-state index in [1.807, 2.05) is 12.1 Å². The second-order valence-electron chi connectivity index (χ2n) is 4.28. The monoisotopic (exact) mass is 300 g/mol. The van der Waals surface area contributed by atoms with Gasteiger partial charge in [0.15, 0.2) is 11.5 Å². The summed E-state index contributed by atoms with van der Waals surface area (Å²) in [6, 6.07) is 3.73. The highest BCUT2D eigenvalue weighted by Gasteiger charge is 2.20. The van der Waals surface area contributed by atoms with Crippen LogP contribution in [0.25, 0.3) is 0 Å². The number of halogens is 1. The molecule has 1 saturated carbocycles. The predicted octanol–water partition coefficient (Wildman–Crippen LogP) is 3.27. The van der Waals surface area contributed by atoms with Crippen LogP contribution >= 0.6 is 15.9 Å². The Morgan fingerprint density at radius 1 is 1.35 bits per heavy atom. The first-order chi connectivity index (χ1) is 8.24. The van der Waals surface area contributed by atoms with Crippen molar-refractivity contribution in [2.45, 2.75) is 38.4 Å². The largest absolute Gasteiger partial charge is 0.493 e. The molecule has 1 aromatic carbocycles. The molecule has 1 aliphatic rings. The Hall–Kier alpha value is -0.740. The molecule has 94 valence electrons. The fourth-order valence-corrected chi connectivity index (χ4v) is 2.68. The van der Waals surface area contributed by atoms with Crippen molar-refractivity contribution in [3.63, 3.8) is 0 Å². The Kier molecular flexibility index (Phi) is 4.29. The van der Waals surface area contributed by atoms with E-state index in [1.54, 1.807) is 7.11 Å². The molecule has 0 atom stereocenters. The van der Waals surface area contributed by atoms with Crippen LogP contribution in [0.2, 0.25) is 0 Å². The lowest BCUT2D eigenvalue weighted by Gasteiger charge is -2.18. The van der Waals surface area contributed by atoms with Gasteiger partial charge in [-0.2, -0.15) is 0 Å². The van der Waals surface area contributed by atoms with Crippen LogP contribution < -0.4 is 9.47 Å². The van der Waals surface area contributed by atoms with E-state index in [0.717, 1.165) is 22.9 Å². The van der Waals surface area contributed by atoms with Crippen molar-refractivity contribution >= 4 is 15.9 Å². The minimum absolute atomic E-state index is 0.0438. The van der Waals surface area contributed by atoms with Crippen molar-refractivity contribution in [3.8, 4) is 11.5 Å². The van der Waals surface area contributed by atoms with Gasteiger partial charge in [0, 0.05) is 10.0 Å². The molecule has 2 rings (SSSR count). The molecule has 0 radical (unpaired) electrons. The van der Waals surface area contributed by atoms with Crippen molar-refractivity contribution in [2.75, 3.05) is 7.11 Å². The predicted molar refractivity (Wildman–Crippen MR) is 69.5 cm³/mol. The first-order valence-electron chi connectivity index (χ1n) is 5.88. The van der Waals surface area contributed by atoms with E-state index >= 15 is 0 Å². The third-order valence-electron chi connectivity index (χ3n) is 3.07. The van der Waals surface area contributed by atoms with Crippen LogP contribution in [0.5, 0.6) is 11.5 Å². The second-order valence-corrected chi connectivity index (χ2v) is 5.19. The van der Waals surface area contributed by atoms with E-state index in [2.05, 4.69) is 15.9 Å². The standard InChI is InChI=1S/C13H17BrO3/c1-16-12-7-10(14)6-9(8-15)13(12)17-11-4-2-3-5-11/h6-7,11,15H,2-5,8H2,1H3. The molecule has 3 nitrogen and oxygen atoms in total. The molecule has 1 fully saturated rings. The Bertz CT molecular complexity index is 361. The Labute approximate surface area is 110 Å². The molecule has 17 heavy (non-hydrogen) atoms. The van der Waals surface area contributed by atoms with Crippen LogP contribution in [-0.4, -0.2) is 18.3 Å². The van der Waals surface area contributed by atoms with Crippen molar-refractivity contribution in [1.82, 2.24) is 0 Å². The lowest BCUT2D eigenvalue weighted by Crippen LogP contribution is -2.13. The first kappa shape index (κ1) is 12.7. The molecule has 0 saturated heterocycles. The zero-order valence-corrected chi connectivity index (χ0v) is 11.5. The third-order valence-corrected chi connectivity index (χ3v) is 3.53. The molecule has 0 unspecified atom stereocenters. The van der Waals surface area contributed by atoms with Crippen LogP contribution in [0.15, 0.2) is 16.6 Å². The quantitative estimate of drug-likeness (QED) is 0.927. The van der Waals surface area contributed by atoms with E-state index in [1.165, 1.54) is 12.8 Å². The molecule has 0 heterocycles. The van der Waals surface area contributed by atoms with E-state index in [-0.39, 0.29) is 12.7 Å². The molecule has 1 N–H and O–H groups in total. The minimum Gasteiger partial charge on any atom is -0.493 e. The van der Waals surface area contributed by atoms with Crippen LogP contribution in [0.1, 0.15) is 31.2 Å². The summed E-state index contributed by atoms with van der Waals surface area (Å²) >= 11 is 3.39. The van der Waals surface area contributed by atoms with Crippen molar-refractivity contribution < 1.29 is 14.6 Å². The number of hydrogen-bond donors (Lipinski definition) is 1. The van der Waals surface area contributed by atoms with E-state index in [9.17, 15) is 5.11 Å². The maximum Gasteiger partial charge on any atom is 0.167 e. The maximum atomic E-state index is 9.38.